The minimum atomic E-state index is -1.30. The van der Waals surface area contributed by atoms with Crippen molar-refractivity contribution >= 4 is 21.8 Å². The van der Waals surface area contributed by atoms with Gasteiger partial charge in [0.25, 0.3) is 5.91 Å². The molecule has 5 heteroatoms. The molecule has 0 saturated carbocycles. The molecule has 24 heavy (non-hydrogen) atoms. The quantitative estimate of drug-likeness (QED) is 0.814. The van der Waals surface area contributed by atoms with Gasteiger partial charge in [0.15, 0.2) is 0 Å². The normalized spacial score (nSPS) is 23.3. The molecule has 1 aliphatic heterocycles. The summed E-state index contributed by atoms with van der Waals surface area (Å²) in [6.45, 7) is 1.19. The zero-order chi connectivity index (χ0) is 16.7. The number of hydrogen-bond donors (Lipinski definition) is 1. The number of hydrogen-bond acceptors (Lipinski definition) is 3. The monoisotopic (exact) mass is 389 g/mol. The first-order chi connectivity index (χ1) is 11.5. The number of carbonyl (C=O) groups is 1. The molecule has 0 fully saturated rings. The summed E-state index contributed by atoms with van der Waals surface area (Å²) in [6, 6.07) is 7.99. The molecule has 1 aliphatic carbocycles. The number of nitrogens with zero attached hydrogens (tertiary/aromatic N) is 1. The van der Waals surface area contributed by atoms with E-state index in [1.54, 1.807) is 11.2 Å². The fraction of sp³-hybridized carbons (Fsp3) is 0.421. The van der Waals surface area contributed by atoms with Crippen molar-refractivity contribution in [1.29, 1.82) is 0 Å². The van der Waals surface area contributed by atoms with Crippen molar-refractivity contribution in [3.8, 4) is 0 Å². The lowest BCUT2D eigenvalue weighted by Gasteiger charge is -2.36. The summed E-state index contributed by atoms with van der Waals surface area (Å²) in [5.41, 5.74) is 2.05. The average molecular weight is 390 g/mol. The minimum absolute atomic E-state index is 0.148. The van der Waals surface area contributed by atoms with Crippen LogP contribution in [0.15, 0.2) is 39.4 Å². The Bertz CT molecular complexity index is 785. The lowest BCUT2D eigenvalue weighted by atomic mass is 9.79. The number of fused-ring (bicyclic) bond motifs is 2. The van der Waals surface area contributed by atoms with Gasteiger partial charge in [0.05, 0.1) is 6.26 Å². The molecule has 4 rings (SSSR count). The smallest absolute Gasteiger partial charge is 0.255 e. The van der Waals surface area contributed by atoms with E-state index in [9.17, 15) is 9.90 Å². The van der Waals surface area contributed by atoms with Gasteiger partial charge in [0, 0.05) is 36.0 Å². The van der Waals surface area contributed by atoms with Crippen LogP contribution in [0.1, 0.15) is 35.3 Å². The minimum Gasteiger partial charge on any atom is -0.469 e. The number of benzene rings is 1. The topological polar surface area (TPSA) is 53.7 Å². The Labute approximate surface area is 149 Å². The van der Waals surface area contributed by atoms with Crippen molar-refractivity contribution in [2.24, 2.45) is 0 Å². The van der Waals surface area contributed by atoms with Gasteiger partial charge in [-0.2, -0.15) is 0 Å². The summed E-state index contributed by atoms with van der Waals surface area (Å²) in [6.07, 6.45) is 4.99. The van der Waals surface area contributed by atoms with Gasteiger partial charge in [-0.15, -0.1) is 0 Å². The van der Waals surface area contributed by atoms with Gasteiger partial charge in [-0.25, -0.2) is 0 Å². The molecule has 1 atom stereocenters. The Balaban J connectivity index is 1.57. The third-order valence-electron chi connectivity index (χ3n) is 5.18. The second kappa shape index (κ2) is 6.05. The molecule has 1 aromatic carbocycles. The van der Waals surface area contributed by atoms with Crippen LogP contribution in [0, 0.1) is 0 Å². The van der Waals surface area contributed by atoms with Crippen molar-refractivity contribution < 1.29 is 14.3 Å². The maximum Gasteiger partial charge on any atom is 0.255 e. The van der Waals surface area contributed by atoms with Crippen LogP contribution in [0.2, 0.25) is 0 Å². The van der Waals surface area contributed by atoms with E-state index >= 15 is 0 Å². The van der Waals surface area contributed by atoms with Crippen LogP contribution in [-0.2, 0) is 30.6 Å². The number of aliphatic hydroxyl groups is 1. The first-order valence-corrected chi connectivity index (χ1v) is 9.19. The second-order valence-electron chi connectivity index (χ2n) is 6.82. The number of rotatable bonds is 1. The van der Waals surface area contributed by atoms with Crippen LogP contribution >= 0.6 is 15.9 Å². The average Bonchev–Trinajstić information content (AvgIpc) is 2.91. The molecule has 1 aromatic heterocycles. The predicted molar refractivity (Wildman–Crippen MR) is 93.6 cm³/mol. The van der Waals surface area contributed by atoms with Gasteiger partial charge in [-0.1, -0.05) is 22.0 Å². The molecule has 2 heterocycles. The van der Waals surface area contributed by atoms with Gasteiger partial charge in [0.2, 0.25) is 0 Å². The van der Waals surface area contributed by atoms with E-state index in [1.807, 2.05) is 18.2 Å². The van der Waals surface area contributed by atoms with Crippen LogP contribution in [0.25, 0.3) is 0 Å². The molecule has 1 amide bonds. The van der Waals surface area contributed by atoms with E-state index in [0.29, 0.717) is 25.9 Å². The molecule has 4 nitrogen and oxygen atoms in total. The summed E-state index contributed by atoms with van der Waals surface area (Å²) >= 11 is 3.48. The molecule has 1 unspecified atom stereocenters. The van der Waals surface area contributed by atoms with E-state index in [0.717, 1.165) is 40.6 Å². The van der Waals surface area contributed by atoms with Crippen molar-refractivity contribution in [3.63, 3.8) is 0 Å². The second-order valence-corrected chi connectivity index (χ2v) is 7.74. The first-order valence-electron chi connectivity index (χ1n) is 8.39. The van der Waals surface area contributed by atoms with Gasteiger partial charge < -0.3 is 14.4 Å². The van der Waals surface area contributed by atoms with Crippen LogP contribution in [-0.4, -0.2) is 28.1 Å². The molecule has 2 aliphatic rings. The largest absolute Gasteiger partial charge is 0.469 e. The van der Waals surface area contributed by atoms with Gasteiger partial charge >= 0.3 is 0 Å². The molecule has 0 spiro atoms. The predicted octanol–water partition coefficient (Wildman–Crippen LogP) is 3.24. The Morgan fingerprint density at radius 1 is 1.21 bits per heavy atom. The summed E-state index contributed by atoms with van der Waals surface area (Å²) in [4.78, 5) is 14.9. The summed E-state index contributed by atoms with van der Waals surface area (Å²) in [5, 5.41) is 11.1. The standard InChI is InChI=1S/C19H20BrNO3/c20-16-4-3-14-11-19(23,7-5-13(14)10-16)18(22)21-8-1-2-17-15(12-21)6-9-24-17/h3-4,6,9-10,23H,1-2,5,7-8,11-12H2. The number of amides is 1. The zero-order valence-corrected chi connectivity index (χ0v) is 15.0. The van der Waals surface area contributed by atoms with Gasteiger partial charge in [0.1, 0.15) is 11.4 Å². The molecular formula is C19H20BrNO3. The van der Waals surface area contributed by atoms with Crippen molar-refractivity contribution in [3.05, 3.63) is 57.5 Å². The maximum atomic E-state index is 13.1. The van der Waals surface area contributed by atoms with Gasteiger partial charge in [-0.3, -0.25) is 4.79 Å². The van der Waals surface area contributed by atoms with E-state index < -0.39 is 5.60 Å². The molecule has 0 saturated heterocycles. The lowest BCUT2D eigenvalue weighted by Crippen LogP contribution is -2.52. The summed E-state index contributed by atoms with van der Waals surface area (Å²) < 4.78 is 6.53. The Hall–Kier alpha value is -1.59. The maximum absolute atomic E-state index is 13.1. The van der Waals surface area contributed by atoms with E-state index in [-0.39, 0.29) is 5.91 Å². The number of carbonyl (C=O) groups excluding carboxylic acids is 1. The molecular weight excluding hydrogens is 370 g/mol. The highest BCUT2D eigenvalue weighted by molar-refractivity contribution is 9.10. The van der Waals surface area contributed by atoms with Gasteiger partial charge in [-0.05, 0) is 48.6 Å². The van der Waals surface area contributed by atoms with Crippen molar-refractivity contribution in [2.45, 2.75) is 44.2 Å². The fourth-order valence-electron chi connectivity index (χ4n) is 3.84. The van der Waals surface area contributed by atoms with Crippen LogP contribution < -0.4 is 0 Å². The highest BCUT2D eigenvalue weighted by Gasteiger charge is 2.42. The number of aryl methyl sites for hydroxylation is 2. The van der Waals surface area contributed by atoms with Crippen molar-refractivity contribution in [1.82, 2.24) is 4.90 Å². The highest BCUT2D eigenvalue weighted by Crippen LogP contribution is 2.33. The Morgan fingerprint density at radius 2 is 2.08 bits per heavy atom. The number of furan rings is 1. The van der Waals surface area contributed by atoms with E-state index in [1.165, 1.54) is 5.56 Å². The molecule has 2 aromatic rings. The lowest BCUT2D eigenvalue weighted by molar-refractivity contribution is -0.153. The SMILES string of the molecule is O=C(N1CCCc2occc2C1)C1(O)CCc2cc(Br)ccc2C1. The summed E-state index contributed by atoms with van der Waals surface area (Å²) in [5.74, 6) is 0.821. The third-order valence-corrected chi connectivity index (χ3v) is 5.67. The molecule has 126 valence electrons. The van der Waals surface area contributed by atoms with E-state index in [4.69, 9.17) is 4.42 Å². The van der Waals surface area contributed by atoms with Crippen molar-refractivity contribution in [2.75, 3.05) is 6.54 Å². The summed E-state index contributed by atoms with van der Waals surface area (Å²) in [7, 11) is 0. The Kier molecular flexibility index (Phi) is 4.01. The fourth-order valence-corrected chi connectivity index (χ4v) is 4.25. The number of halogens is 1. The van der Waals surface area contributed by atoms with Crippen LogP contribution in [0.4, 0.5) is 0 Å². The van der Waals surface area contributed by atoms with E-state index in [2.05, 4.69) is 22.0 Å². The Morgan fingerprint density at radius 3 is 2.96 bits per heavy atom. The third kappa shape index (κ3) is 2.80. The molecule has 0 bridgehead atoms. The highest BCUT2D eigenvalue weighted by atomic mass is 79.9. The first kappa shape index (κ1) is 15.9. The molecule has 0 radical (unpaired) electrons. The van der Waals surface area contributed by atoms with Crippen LogP contribution in [0.3, 0.4) is 0 Å². The zero-order valence-electron chi connectivity index (χ0n) is 13.4. The van der Waals surface area contributed by atoms with Crippen LogP contribution in [0.5, 0.6) is 0 Å². The molecule has 1 N–H and O–H groups in total.